The van der Waals surface area contributed by atoms with Crippen molar-refractivity contribution in [3.05, 3.63) is 54.1 Å². The molecule has 6 rings (SSSR count). The van der Waals surface area contributed by atoms with Gasteiger partial charge in [0.15, 0.2) is 0 Å². The van der Waals surface area contributed by atoms with Gasteiger partial charge in [0, 0.05) is 23.2 Å². The zero-order chi connectivity index (χ0) is 20.8. The second kappa shape index (κ2) is 7.22. The Morgan fingerprint density at radius 1 is 1.13 bits per heavy atom. The molecule has 2 bridgehead atoms. The van der Waals surface area contributed by atoms with Crippen LogP contribution >= 0.6 is 0 Å². The minimum atomic E-state index is -2.63. The SMILES string of the molecule is Cc1cnc(C23CCC(CNc4cccc(-c5nc(C(F)F)co5)c4)(CC2)CC3)o1. The van der Waals surface area contributed by atoms with Gasteiger partial charge in [-0.05, 0) is 69.1 Å². The third-order valence-corrected chi connectivity index (χ3v) is 7.00. The predicted octanol–water partition coefficient (Wildman–Crippen LogP) is 6.28. The summed E-state index contributed by atoms with van der Waals surface area (Å²) in [6.07, 6.45) is 7.01. The number of hydrogen-bond acceptors (Lipinski definition) is 5. The van der Waals surface area contributed by atoms with E-state index in [0.717, 1.165) is 68.7 Å². The van der Waals surface area contributed by atoms with E-state index in [1.54, 1.807) is 0 Å². The van der Waals surface area contributed by atoms with Crippen LogP contribution in [0, 0.1) is 12.3 Å². The van der Waals surface area contributed by atoms with Crippen molar-refractivity contribution >= 4 is 5.69 Å². The molecule has 0 unspecified atom stereocenters. The van der Waals surface area contributed by atoms with Crippen molar-refractivity contribution in [2.75, 3.05) is 11.9 Å². The van der Waals surface area contributed by atoms with E-state index in [4.69, 9.17) is 8.83 Å². The molecule has 2 aromatic heterocycles. The summed E-state index contributed by atoms with van der Waals surface area (Å²) in [6.45, 7) is 2.85. The van der Waals surface area contributed by atoms with Crippen molar-refractivity contribution in [3.63, 3.8) is 0 Å². The second-order valence-corrected chi connectivity index (χ2v) is 8.87. The Hall–Kier alpha value is -2.70. The Labute approximate surface area is 173 Å². The van der Waals surface area contributed by atoms with Gasteiger partial charge in [-0.15, -0.1) is 0 Å². The summed E-state index contributed by atoms with van der Waals surface area (Å²) in [6, 6.07) is 7.60. The maximum atomic E-state index is 12.8. The number of aromatic nitrogens is 2. The molecular weight excluding hydrogens is 388 g/mol. The number of hydrogen-bond donors (Lipinski definition) is 1. The monoisotopic (exact) mass is 413 g/mol. The van der Waals surface area contributed by atoms with Gasteiger partial charge < -0.3 is 14.2 Å². The number of anilines is 1. The smallest absolute Gasteiger partial charge is 0.283 e. The van der Waals surface area contributed by atoms with Crippen LogP contribution in [0.4, 0.5) is 14.5 Å². The van der Waals surface area contributed by atoms with E-state index in [1.165, 1.54) is 0 Å². The van der Waals surface area contributed by atoms with Gasteiger partial charge in [-0.3, -0.25) is 0 Å². The van der Waals surface area contributed by atoms with Gasteiger partial charge >= 0.3 is 0 Å². The highest BCUT2D eigenvalue weighted by Crippen LogP contribution is 2.57. The third-order valence-electron chi connectivity index (χ3n) is 7.00. The lowest BCUT2D eigenvalue weighted by Crippen LogP contribution is -2.47. The molecule has 0 saturated heterocycles. The quantitative estimate of drug-likeness (QED) is 0.515. The average Bonchev–Trinajstić information content (AvgIpc) is 3.44. The van der Waals surface area contributed by atoms with Crippen molar-refractivity contribution in [1.82, 2.24) is 9.97 Å². The molecule has 3 saturated carbocycles. The minimum Gasteiger partial charge on any atom is -0.445 e. The number of alkyl halides is 2. The van der Waals surface area contributed by atoms with Gasteiger partial charge in [0.2, 0.25) is 11.8 Å². The number of oxazole rings is 2. The molecule has 5 nitrogen and oxygen atoms in total. The molecule has 0 radical (unpaired) electrons. The Morgan fingerprint density at radius 3 is 2.53 bits per heavy atom. The summed E-state index contributed by atoms with van der Waals surface area (Å²) in [5, 5.41) is 3.57. The molecule has 2 heterocycles. The molecule has 3 aromatic rings. The lowest BCUT2D eigenvalue weighted by molar-refractivity contribution is 0.0351. The van der Waals surface area contributed by atoms with Crippen molar-refractivity contribution < 1.29 is 17.6 Å². The van der Waals surface area contributed by atoms with Gasteiger partial charge in [-0.1, -0.05) is 6.07 Å². The summed E-state index contributed by atoms with van der Waals surface area (Å²) >= 11 is 0. The third kappa shape index (κ3) is 3.40. The molecule has 0 aliphatic heterocycles. The minimum absolute atomic E-state index is 0.114. The van der Waals surface area contributed by atoms with E-state index in [0.29, 0.717) is 5.56 Å². The number of nitrogens with one attached hydrogen (secondary N) is 1. The van der Waals surface area contributed by atoms with Crippen LogP contribution in [0.3, 0.4) is 0 Å². The summed E-state index contributed by atoms with van der Waals surface area (Å²) in [7, 11) is 0. The fourth-order valence-electron chi connectivity index (χ4n) is 5.02. The number of halogens is 2. The highest BCUT2D eigenvalue weighted by atomic mass is 19.3. The molecule has 3 aliphatic carbocycles. The average molecular weight is 413 g/mol. The highest BCUT2D eigenvalue weighted by molar-refractivity contribution is 5.61. The number of nitrogens with zero attached hydrogens (tertiary/aromatic N) is 2. The zero-order valence-corrected chi connectivity index (χ0v) is 17.0. The van der Waals surface area contributed by atoms with Crippen LogP contribution in [0.1, 0.15) is 62.3 Å². The van der Waals surface area contributed by atoms with Crippen LogP contribution in [0.15, 0.2) is 45.6 Å². The van der Waals surface area contributed by atoms with Gasteiger partial charge in [0.1, 0.15) is 17.7 Å². The summed E-state index contributed by atoms with van der Waals surface area (Å²) in [5.74, 6) is 2.02. The maximum absolute atomic E-state index is 12.8. The Morgan fingerprint density at radius 2 is 1.90 bits per heavy atom. The van der Waals surface area contributed by atoms with Crippen molar-refractivity contribution in [2.24, 2.45) is 5.41 Å². The molecule has 0 spiro atoms. The highest BCUT2D eigenvalue weighted by Gasteiger charge is 2.51. The second-order valence-electron chi connectivity index (χ2n) is 8.87. The van der Waals surface area contributed by atoms with E-state index in [2.05, 4.69) is 15.3 Å². The van der Waals surface area contributed by atoms with Crippen molar-refractivity contribution in [3.8, 4) is 11.5 Å². The first-order chi connectivity index (χ1) is 14.5. The number of fused-ring (bicyclic) bond motifs is 3. The Bertz CT molecular complexity index is 1020. The maximum Gasteiger partial charge on any atom is 0.283 e. The first-order valence-electron chi connectivity index (χ1n) is 10.5. The van der Waals surface area contributed by atoms with Crippen molar-refractivity contribution in [1.29, 1.82) is 0 Å². The van der Waals surface area contributed by atoms with Crippen LogP contribution in [0.25, 0.3) is 11.5 Å². The van der Waals surface area contributed by atoms with E-state index in [9.17, 15) is 8.78 Å². The normalized spacial score (nSPS) is 25.7. The molecule has 158 valence electrons. The Balaban J connectivity index is 1.25. The molecular formula is C23H25F2N3O2. The number of benzene rings is 1. The van der Waals surface area contributed by atoms with Crippen LogP contribution in [0.2, 0.25) is 0 Å². The van der Waals surface area contributed by atoms with Gasteiger partial charge in [0.25, 0.3) is 6.43 Å². The number of aryl methyl sites for hydroxylation is 1. The molecule has 1 aromatic carbocycles. The van der Waals surface area contributed by atoms with Crippen LogP contribution in [-0.2, 0) is 5.41 Å². The fraction of sp³-hybridized carbons (Fsp3) is 0.478. The molecule has 3 fully saturated rings. The van der Waals surface area contributed by atoms with Crippen molar-refractivity contribution in [2.45, 2.75) is 57.3 Å². The number of rotatable bonds is 6. The summed E-state index contributed by atoms with van der Waals surface area (Å²) < 4.78 is 36.7. The molecule has 0 amide bonds. The first kappa shape index (κ1) is 19.3. The summed E-state index contributed by atoms with van der Waals surface area (Å²) in [4.78, 5) is 8.42. The predicted molar refractivity (Wildman–Crippen MR) is 108 cm³/mol. The van der Waals surface area contributed by atoms with Crippen LogP contribution in [-0.4, -0.2) is 16.5 Å². The van der Waals surface area contributed by atoms with E-state index >= 15 is 0 Å². The van der Waals surface area contributed by atoms with Gasteiger partial charge in [-0.25, -0.2) is 18.7 Å². The Kier molecular flexibility index (Phi) is 4.64. The standard InChI is InChI=1S/C23H25F2N3O2/c1-15-12-26-21(30-15)23-8-5-22(6-9-23,7-10-23)14-27-17-4-2-3-16(11-17)20-28-18(13-29-20)19(24)25/h2-4,11-13,19,27H,5-10,14H2,1H3. The molecule has 7 heteroatoms. The van der Waals surface area contributed by atoms with E-state index in [1.807, 2.05) is 37.4 Å². The van der Waals surface area contributed by atoms with Crippen LogP contribution in [0.5, 0.6) is 0 Å². The largest absolute Gasteiger partial charge is 0.445 e. The van der Waals surface area contributed by atoms with Gasteiger partial charge in [0.05, 0.1) is 6.20 Å². The topological polar surface area (TPSA) is 64.1 Å². The molecule has 0 atom stereocenters. The van der Waals surface area contributed by atoms with Gasteiger partial charge in [-0.2, -0.15) is 0 Å². The van der Waals surface area contributed by atoms with Crippen LogP contribution < -0.4 is 5.32 Å². The zero-order valence-electron chi connectivity index (χ0n) is 17.0. The summed E-state index contributed by atoms with van der Waals surface area (Å²) in [5.41, 5.74) is 1.70. The lowest BCUT2D eigenvalue weighted by atomic mass is 9.53. The van der Waals surface area contributed by atoms with E-state index in [-0.39, 0.29) is 22.4 Å². The molecule has 1 N–H and O–H groups in total. The first-order valence-corrected chi connectivity index (χ1v) is 10.5. The molecule has 30 heavy (non-hydrogen) atoms. The van der Waals surface area contributed by atoms with E-state index < -0.39 is 6.43 Å². The molecule has 3 aliphatic rings. The lowest BCUT2D eigenvalue weighted by Gasteiger charge is -2.52. The fourth-order valence-corrected chi connectivity index (χ4v) is 5.02.